The number of nitrogens with zero attached hydrogens (tertiary/aromatic N) is 2. The lowest BCUT2D eigenvalue weighted by molar-refractivity contribution is -0.139. The molecular formula is C31H34Cl3N3O4S. The van der Waals surface area contributed by atoms with E-state index >= 15 is 0 Å². The molecular weight excluding hydrogens is 617 g/mol. The minimum Gasteiger partial charge on any atom is -0.352 e. The Morgan fingerprint density at radius 2 is 1.55 bits per heavy atom. The highest BCUT2D eigenvalue weighted by Gasteiger charge is 2.33. The molecule has 3 aromatic carbocycles. The first-order chi connectivity index (χ1) is 20.0. The van der Waals surface area contributed by atoms with Crippen LogP contribution in [0.25, 0.3) is 0 Å². The molecule has 2 amide bonds. The van der Waals surface area contributed by atoms with Crippen LogP contribution in [0.2, 0.25) is 15.1 Å². The molecule has 0 aliphatic heterocycles. The van der Waals surface area contributed by atoms with E-state index in [2.05, 4.69) is 5.32 Å². The van der Waals surface area contributed by atoms with Crippen molar-refractivity contribution in [1.29, 1.82) is 0 Å². The Kier molecular flexibility index (Phi) is 10.8. The Labute approximate surface area is 262 Å². The fourth-order valence-electron chi connectivity index (χ4n) is 4.94. The molecule has 1 aliphatic carbocycles. The summed E-state index contributed by atoms with van der Waals surface area (Å²) in [6.45, 7) is 3.02. The second-order valence-corrected chi connectivity index (χ2v) is 13.7. The number of carbonyl (C=O) groups excluding carboxylic acids is 2. The number of sulfonamides is 1. The van der Waals surface area contributed by atoms with Crippen molar-refractivity contribution in [2.45, 2.75) is 69.5 Å². The van der Waals surface area contributed by atoms with Crippen LogP contribution >= 0.6 is 34.8 Å². The van der Waals surface area contributed by atoms with Crippen molar-refractivity contribution in [2.75, 3.05) is 10.8 Å². The lowest BCUT2D eigenvalue weighted by Crippen LogP contribution is -2.53. The monoisotopic (exact) mass is 649 g/mol. The van der Waals surface area contributed by atoms with Gasteiger partial charge in [0, 0.05) is 17.6 Å². The van der Waals surface area contributed by atoms with Crippen LogP contribution in [0.3, 0.4) is 0 Å². The number of nitrogens with one attached hydrogen (secondary N) is 1. The van der Waals surface area contributed by atoms with Gasteiger partial charge in [0.05, 0.1) is 20.6 Å². The molecule has 3 aromatic rings. The smallest absolute Gasteiger partial charge is 0.264 e. The van der Waals surface area contributed by atoms with E-state index in [9.17, 15) is 18.0 Å². The molecule has 0 unspecified atom stereocenters. The molecule has 42 heavy (non-hydrogen) atoms. The number of anilines is 1. The highest BCUT2D eigenvalue weighted by atomic mass is 35.5. The topological polar surface area (TPSA) is 86.8 Å². The van der Waals surface area contributed by atoms with Gasteiger partial charge < -0.3 is 10.2 Å². The number of carbonyl (C=O) groups is 2. The molecule has 1 atom stereocenters. The van der Waals surface area contributed by atoms with Crippen molar-refractivity contribution in [3.63, 3.8) is 0 Å². The maximum Gasteiger partial charge on any atom is 0.264 e. The van der Waals surface area contributed by atoms with Gasteiger partial charge in [-0.15, -0.1) is 0 Å². The predicted molar refractivity (Wildman–Crippen MR) is 169 cm³/mol. The maximum absolute atomic E-state index is 14.1. The van der Waals surface area contributed by atoms with Crippen LogP contribution in [-0.4, -0.2) is 43.8 Å². The third-order valence-electron chi connectivity index (χ3n) is 7.46. The number of halogens is 3. The lowest BCUT2D eigenvalue weighted by atomic mass is 9.95. The quantitative estimate of drug-likeness (QED) is 0.256. The fraction of sp³-hybridized carbons (Fsp3) is 0.355. The Morgan fingerprint density at radius 3 is 2.17 bits per heavy atom. The first-order valence-electron chi connectivity index (χ1n) is 13.8. The van der Waals surface area contributed by atoms with Gasteiger partial charge in [0.15, 0.2) is 0 Å². The zero-order chi connectivity index (χ0) is 30.4. The molecule has 11 heteroatoms. The number of hydrogen-bond acceptors (Lipinski definition) is 4. The van der Waals surface area contributed by atoms with Gasteiger partial charge >= 0.3 is 0 Å². The Hall–Kier alpha value is -2.78. The van der Waals surface area contributed by atoms with Crippen molar-refractivity contribution in [2.24, 2.45) is 0 Å². The van der Waals surface area contributed by atoms with E-state index in [1.54, 1.807) is 43.3 Å². The average molecular weight is 651 g/mol. The molecule has 1 N–H and O–H groups in total. The normalized spacial score (nSPS) is 14.7. The van der Waals surface area contributed by atoms with Crippen molar-refractivity contribution in [3.8, 4) is 0 Å². The zero-order valence-corrected chi connectivity index (χ0v) is 26.6. The van der Waals surface area contributed by atoms with Gasteiger partial charge in [0.2, 0.25) is 11.8 Å². The summed E-state index contributed by atoms with van der Waals surface area (Å²) >= 11 is 18.5. The summed E-state index contributed by atoms with van der Waals surface area (Å²) in [5, 5.41) is 4.02. The molecule has 0 radical (unpaired) electrons. The van der Waals surface area contributed by atoms with Gasteiger partial charge in [0.1, 0.15) is 12.6 Å². The van der Waals surface area contributed by atoms with Crippen molar-refractivity contribution >= 4 is 62.3 Å². The first-order valence-corrected chi connectivity index (χ1v) is 16.4. The maximum atomic E-state index is 14.1. The van der Waals surface area contributed by atoms with E-state index in [1.807, 2.05) is 6.92 Å². The van der Waals surface area contributed by atoms with E-state index in [4.69, 9.17) is 34.8 Å². The SMILES string of the molecule is Cc1ccc(S(=O)(=O)N(CC(=O)N(Cc2ccc(Cl)cc2)[C@@H](C)C(=O)NC2CCCCC2)c2ccc(Cl)c(Cl)c2)cc1. The summed E-state index contributed by atoms with van der Waals surface area (Å²) < 4.78 is 28.9. The molecule has 7 nitrogen and oxygen atoms in total. The predicted octanol–water partition coefficient (Wildman–Crippen LogP) is 7.02. The van der Waals surface area contributed by atoms with Crippen molar-refractivity contribution in [1.82, 2.24) is 10.2 Å². The van der Waals surface area contributed by atoms with E-state index in [0.29, 0.717) is 5.02 Å². The van der Waals surface area contributed by atoms with Gasteiger partial charge in [-0.25, -0.2) is 8.42 Å². The van der Waals surface area contributed by atoms with Crippen LogP contribution in [0, 0.1) is 6.92 Å². The molecule has 0 aromatic heterocycles. The molecule has 0 bridgehead atoms. The van der Waals surface area contributed by atoms with E-state index in [1.165, 1.54) is 35.2 Å². The Bertz CT molecular complexity index is 1510. The van der Waals surface area contributed by atoms with Crippen molar-refractivity contribution < 1.29 is 18.0 Å². The second-order valence-electron chi connectivity index (χ2n) is 10.6. The number of aryl methyl sites for hydroxylation is 1. The Morgan fingerprint density at radius 1 is 0.905 bits per heavy atom. The molecule has 0 spiro atoms. The number of benzene rings is 3. The van der Waals surface area contributed by atoms with Gasteiger partial charge in [-0.05, 0) is 74.7 Å². The molecule has 0 heterocycles. The molecule has 1 fully saturated rings. The highest BCUT2D eigenvalue weighted by molar-refractivity contribution is 7.92. The summed E-state index contributed by atoms with van der Waals surface area (Å²) in [5.74, 6) is -0.843. The van der Waals surface area contributed by atoms with Crippen LogP contribution < -0.4 is 9.62 Å². The van der Waals surface area contributed by atoms with E-state index in [0.717, 1.165) is 47.5 Å². The lowest BCUT2D eigenvalue weighted by Gasteiger charge is -2.33. The standard InChI is InChI=1S/C31H34Cl3N3O4S/c1-21-8-15-27(16-9-21)42(40,41)37(26-14-17-28(33)29(34)18-26)20-30(38)36(19-23-10-12-24(32)13-11-23)22(2)31(39)35-25-6-4-3-5-7-25/h8-18,22,25H,3-7,19-20H2,1-2H3,(H,35,39)/t22-/m0/s1. The Balaban J connectivity index is 1.69. The van der Waals surface area contributed by atoms with Crippen LogP contribution in [0.1, 0.15) is 50.2 Å². The summed E-state index contributed by atoms with van der Waals surface area (Å²) in [5.41, 5.74) is 1.80. The third-order valence-corrected chi connectivity index (χ3v) is 10.2. The molecule has 1 aliphatic rings. The van der Waals surface area contributed by atoms with Gasteiger partial charge in [-0.2, -0.15) is 0 Å². The van der Waals surface area contributed by atoms with Gasteiger partial charge in [-0.3, -0.25) is 13.9 Å². The molecule has 4 rings (SSSR count). The van der Waals surface area contributed by atoms with Crippen molar-refractivity contribution in [3.05, 3.63) is 92.9 Å². The number of rotatable bonds is 10. The van der Waals surface area contributed by atoms with Crippen LogP contribution in [0.15, 0.2) is 71.6 Å². The summed E-state index contributed by atoms with van der Waals surface area (Å²) in [7, 11) is -4.21. The summed E-state index contributed by atoms with van der Waals surface area (Å²) in [4.78, 5) is 28.9. The molecule has 224 valence electrons. The minimum atomic E-state index is -4.21. The summed E-state index contributed by atoms with van der Waals surface area (Å²) in [6, 6.07) is 16.9. The molecule has 1 saturated carbocycles. The zero-order valence-electron chi connectivity index (χ0n) is 23.5. The fourth-order valence-corrected chi connectivity index (χ4v) is 6.77. The van der Waals surface area contributed by atoms with Gasteiger partial charge in [0.25, 0.3) is 10.0 Å². The van der Waals surface area contributed by atoms with Gasteiger partial charge in [-0.1, -0.05) is 83.9 Å². The van der Waals surface area contributed by atoms with E-state index in [-0.39, 0.29) is 39.1 Å². The van der Waals surface area contributed by atoms with Crippen LogP contribution in [0.4, 0.5) is 5.69 Å². The number of hydrogen-bond donors (Lipinski definition) is 1. The highest BCUT2D eigenvalue weighted by Crippen LogP contribution is 2.31. The molecule has 0 saturated heterocycles. The summed E-state index contributed by atoms with van der Waals surface area (Å²) in [6.07, 6.45) is 5.01. The van der Waals surface area contributed by atoms with Crippen LogP contribution in [0.5, 0.6) is 0 Å². The first kappa shape index (κ1) is 32.1. The average Bonchev–Trinajstić information content (AvgIpc) is 2.97. The second kappa shape index (κ2) is 14.1. The minimum absolute atomic E-state index is 0.0133. The third kappa shape index (κ3) is 7.98. The van der Waals surface area contributed by atoms with Crippen LogP contribution in [-0.2, 0) is 26.2 Å². The largest absolute Gasteiger partial charge is 0.352 e. The number of amides is 2. The van der Waals surface area contributed by atoms with E-state index < -0.39 is 28.5 Å².